The number of hydrogen-bond acceptors (Lipinski definition) is 4. The maximum absolute atomic E-state index is 12.2. The Morgan fingerprint density at radius 2 is 1.43 bits per heavy atom. The van der Waals surface area contributed by atoms with Crippen LogP contribution >= 0.6 is 0 Å². The van der Waals surface area contributed by atoms with E-state index in [-0.39, 0.29) is 6.61 Å². The third kappa shape index (κ3) is 5.52. The van der Waals surface area contributed by atoms with E-state index in [0.717, 1.165) is 13.8 Å². The van der Waals surface area contributed by atoms with Crippen molar-refractivity contribution >= 4 is 11.8 Å². The van der Waals surface area contributed by atoms with E-state index in [4.69, 9.17) is 0 Å². The van der Waals surface area contributed by atoms with E-state index in [9.17, 15) is 35.9 Å². The van der Waals surface area contributed by atoms with E-state index in [0.29, 0.717) is 0 Å². The summed E-state index contributed by atoms with van der Waals surface area (Å²) in [5.74, 6) is -2.31. The Hall–Kier alpha value is -1.32. The minimum Gasteiger partial charge on any atom is -0.465 e. The quantitative estimate of drug-likeness (QED) is 0.428. The van der Waals surface area contributed by atoms with Gasteiger partial charge in [-0.2, -0.15) is 26.3 Å². The highest BCUT2D eigenvalue weighted by Crippen LogP contribution is 2.36. The largest absolute Gasteiger partial charge is 0.465 e. The first-order valence-corrected chi connectivity index (χ1v) is 5.70. The van der Waals surface area contributed by atoms with Gasteiger partial charge in [-0.1, -0.05) is 0 Å². The molecule has 0 spiro atoms. The minimum absolute atomic E-state index is 0.0931. The van der Waals surface area contributed by atoms with Crippen LogP contribution in [0.15, 0.2) is 0 Å². The molecular formula is C11H14F6O4. The smallest absolute Gasteiger partial charge is 0.423 e. The third-order valence-corrected chi connectivity index (χ3v) is 2.46. The van der Waals surface area contributed by atoms with Crippen LogP contribution in [0.3, 0.4) is 0 Å². The molecule has 0 aliphatic carbocycles. The Balaban J connectivity index is 4.90. The lowest BCUT2D eigenvalue weighted by molar-refractivity contribution is -0.320. The van der Waals surface area contributed by atoms with Gasteiger partial charge in [-0.05, 0) is 20.8 Å². The molecule has 0 saturated carbocycles. The van der Waals surface area contributed by atoms with E-state index < -0.39 is 42.2 Å². The van der Waals surface area contributed by atoms with Gasteiger partial charge in [0.05, 0.1) is 6.61 Å². The fourth-order valence-corrected chi connectivity index (χ4v) is 1.14. The van der Waals surface area contributed by atoms with Crippen LogP contribution in [-0.4, -0.2) is 43.4 Å². The standard InChI is InChI=1S/C11H14F6O4/c1-4-20-8(19)9(2,3)6(18)5-21-7(10(12,13)14)11(15,16)17/h7H,4-5H2,1-3H3. The summed E-state index contributed by atoms with van der Waals surface area (Å²) < 4.78 is 81.3. The summed E-state index contributed by atoms with van der Waals surface area (Å²) in [5.41, 5.74) is -1.91. The molecule has 0 N–H and O–H groups in total. The number of halogens is 6. The van der Waals surface area contributed by atoms with E-state index in [1.807, 2.05) is 0 Å². The lowest BCUT2D eigenvalue weighted by atomic mass is 9.88. The third-order valence-electron chi connectivity index (χ3n) is 2.46. The van der Waals surface area contributed by atoms with Crippen LogP contribution in [0.2, 0.25) is 0 Å². The molecule has 0 amide bonds. The summed E-state index contributed by atoms with van der Waals surface area (Å²) in [6.45, 7) is 1.86. The molecule has 0 unspecified atom stereocenters. The van der Waals surface area contributed by atoms with Gasteiger partial charge in [0.2, 0.25) is 6.10 Å². The predicted octanol–water partition coefficient (Wildman–Crippen LogP) is 2.65. The monoisotopic (exact) mass is 324 g/mol. The molecule has 0 aromatic carbocycles. The summed E-state index contributed by atoms with van der Waals surface area (Å²) in [7, 11) is 0. The number of carbonyl (C=O) groups excluding carboxylic acids is 2. The molecule has 4 nitrogen and oxygen atoms in total. The average molecular weight is 324 g/mol. The summed E-state index contributed by atoms with van der Waals surface area (Å²) in [6, 6.07) is 0. The second-order valence-electron chi connectivity index (χ2n) is 4.54. The molecule has 0 bridgehead atoms. The molecule has 0 atom stereocenters. The van der Waals surface area contributed by atoms with Gasteiger partial charge in [-0.15, -0.1) is 0 Å². The van der Waals surface area contributed by atoms with Gasteiger partial charge in [0.1, 0.15) is 12.0 Å². The molecular weight excluding hydrogens is 310 g/mol. The van der Waals surface area contributed by atoms with Gasteiger partial charge in [0, 0.05) is 0 Å². The van der Waals surface area contributed by atoms with Crippen molar-refractivity contribution in [2.24, 2.45) is 5.41 Å². The normalized spacial score (nSPS) is 13.4. The van der Waals surface area contributed by atoms with Crippen LogP contribution in [0.1, 0.15) is 20.8 Å². The molecule has 0 aliphatic heterocycles. The Labute approximate surface area is 116 Å². The highest BCUT2D eigenvalue weighted by molar-refractivity contribution is 6.03. The van der Waals surface area contributed by atoms with Gasteiger partial charge < -0.3 is 9.47 Å². The topological polar surface area (TPSA) is 52.6 Å². The molecule has 0 aromatic rings. The Morgan fingerprint density at radius 1 is 1.00 bits per heavy atom. The van der Waals surface area contributed by atoms with Crippen LogP contribution < -0.4 is 0 Å². The van der Waals surface area contributed by atoms with E-state index >= 15 is 0 Å². The van der Waals surface area contributed by atoms with Crippen molar-refractivity contribution in [3.63, 3.8) is 0 Å². The molecule has 0 aromatic heterocycles. The molecule has 21 heavy (non-hydrogen) atoms. The predicted molar refractivity (Wildman–Crippen MR) is 57.3 cm³/mol. The number of carbonyl (C=O) groups is 2. The SMILES string of the molecule is CCOC(=O)C(C)(C)C(=O)COC(C(F)(F)F)C(F)(F)F. The van der Waals surface area contributed by atoms with Crippen molar-refractivity contribution in [3.8, 4) is 0 Å². The average Bonchev–Trinajstić information content (AvgIpc) is 2.25. The lowest BCUT2D eigenvalue weighted by Gasteiger charge is -2.25. The number of esters is 1. The zero-order valence-electron chi connectivity index (χ0n) is 11.4. The first kappa shape index (κ1) is 19.7. The van der Waals surface area contributed by atoms with Gasteiger partial charge in [-0.3, -0.25) is 9.59 Å². The maximum atomic E-state index is 12.2. The second-order valence-corrected chi connectivity index (χ2v) is 4.54. The van der Waals surface area contributed by atoms with E-state index in [2.05, 4.69) is 9.47 Å². The highest BCUT2D eigenvalue weighted by atomic mass is 19.4. The zero-order chi connectivity index (χ0) is 17.1. The van der Waals surface area contributed by atoms with E-state index in [1.54, 1.807) is 0 Å². The van der Waals surface area contributed by atoms with Crippen molar-refractivity contribution in [1.29, 1.82) is 0 Å². The molecule has 0 saturated heterocycles. The second kappa shape index (κ2) is 6.63. The van der Waals surface area contributed by atoms with Crippen molar-refractivity contribution in [2.75, 3.05) is 13.2 Å². The summed E-state index contributed by atoms with van der Waals surface area (Å²) >= 11 is 0. The Bertz CT molecular complexity index is 371. The first-order chi connectivity index (χ1) is 9.24. The van der Waals surface area contributed by atoms with Crippen LogP contribution in [0.25, 0.3) is 0 Å². The number of alkyl halides is 6. The number of ketones is 1. The lowest BCUT2D eigenvalue weighted by Crippen LogP contribution is -2.47. The number of hydrogen-bond donors (Lipinski definition) is 0. The molecule has 0 aliphatic rings. The molecule has 0 heterocycles. The first-order valence-electron chi connectivity index (χ1n) is 5.70. The summed E-state index contributed by atoms with van der Waals surface area (Å²) in [4.78, 5) is 23.0. The molecule has 0 rings (SSSR count). The number of rotatable bonds is 6. The fraction of sp³-hybridized carbons (Fsp3) is 0.818. The Kier molecular flexibility index (Phi) is 6.21. The van der Waals surface area contributed by atoms with Gasteiger partial charge in [-0.25, -0.2) is 0 Å². The van der Waals surface area contributed by atoms with Crippen LogP contribution in [0.4, 0.5) is 26.3 Å². The molecule has 10 heteroatoms. The van der Waals surface area contributed by atoms with Crippen molar-refractivity contribution in [2.45, 2.75) is 39.2 Å². The maximum Gasteiger partial charge on any atom is 0.423 e. The van der Waals surface area contributed by atoms with Crippen LogP contribution in [0, 0.1) is 5.41 Å². The van der Waals surface area contributed by atoms with E-state index in [1.165, 1.54) is 6.92 Å². The highest BCUT2D eigenvalue weighted by Gasteiger charge is 2.58. The summed E-state index contributed by atoms with van der Waals surface area (Å²) in [6.07, 6.45) is -15.5. The molecule has 0 fully saturated rings. The summed E-state index contributed by atoms with van der Waals surface area (Å²) in [5, 5.41) is 0. The number of ether oxygens (including phenoxy) is 2. The zero-order valence-corrected chi connectivity index (χ0v) is 11.4. The van der Waals surface area contributed by atoms with Gasteiger partial charge in [0.15, 0.2) is 5.78 Å². The molecule has 0 radical (unpaired) electrons. The number of Topliss-reactive ketones (excluding diaryl/α,β-unsaturated/α-hetero) is 1. The van der Waals surface area contributed by atoms with Gasteiger partial charge in [0.25, 0.3) is 0 Å². The van der Waals surface area contributed by atoms with Crippen LogP contribution in [-0.2, 0) is 19.1 Å². The molecule has 124 valence electrons. The minimum atomic E-state index is -5.72. The fourth-order valence-electron chi connectivity index (χ4n) is 1.14. The van der Waals surface area contributed by atoms with Crippen molar-refractivity contribution < 1.29 is 45.4 Å². The Morgan fingerprint density at radius 3 is 1.76 bits per heavy atom. The van der Waals surface area contributed by atoms with Crippen molar-refractivity contribution in [3.05, 3.63) is 0 Å². The van der Waals surface area contributed by atoms with Gasteiger partial charge >= 0.3 is 18.3 Å². The van der Waals surface area contributed by atoms with Crippen LogP contribution in [0.5, 0.6) is 0 Å². The van der Waals surface area contributed by atoms with Crippen molar-refractivity contribution in [1.82, 2.24) is 0 Å².